The minimum absolute atomic E-state index is 0.0746. The number of hydrogen-bond donors (Lipinski definition) is 1. The van der Waals surface area contributed by atoms with Crippen LogP contribution < -0.4 is 10.1 Å². The van der Waals surface area contributed by atoms with Crippen molar-refractivity contribution in [3.05, 3.63) is 24.3 Å². The largest absolute Gasteiger partial charge is 0.477 e. The summed E-state index contributed by atoms with van der Waals surface area (Å²) in [5.74, 6) is 1.28. The summed E-state index contributed by atoms with van der Waals surface area (Å²) < 4.78 is 11.0. The number of fused-ring (bicyclic) bond motifs is 1. The van der Waals surface area contributed by atoms with Gasteiger partial charge in [-0.3, -0.25) is 4.79 Å². The molecule has 2 atom stereocenters. The number of methoxy groups -OCH3 is 1. The van der Waals surface area contributed by atoms with Gasteiger partial charge in [-0.25, -0.2) is 0 Å². The van der Waals surface area contributed by atoms with E-state index in [-0.39, 0.29) is 5.91 Å². The molecule has 2 aliphatic heterocycles. The van der Waals surface area contributed by atoms with Crippen LogP contribution >= 0.6 is 0 Å². The van der Waals surface area contributed by atoms with E-state index in [4.69, 9.17) is 9.47 Å². The van der Waals surface area contributed by atoms with Gasteiger partial charge in [-0.15, -0.1) is 0 Å². The van der Waals surface area contributed by atoms with Crippen molar-refractivity contribution in [2.24, 2.45) is 5.92 Å². The molecule has 2 heterocycles. The van der Waals surface area contributed by atoms with Crippen molar-refractivity contribution in [1.82, 2.24) is 4.90 Å². The molecular weight excluding hydrogens is 256 g/mol. The van der Waals surface area contributed by atoms with Gasteiger partial charge in [0.15, 0.2) is 6.10 Å². The number of rotatable bonds is 3. The molecule has 0 bridgehead atoms. The number of para-hydroxylation sites is 2. The third-order valence-corrected chi connectivity index (χ3v) is 3.91. The Balaban J connectivity index is 1.62. The number of hydrogen-bond acceptors (Lipinski definition) is 4. The number of anilines is 1. The second-order valence-electron chi connectivity index (χ2n) is 5.38. The Bertz CT molecular complexity index is 492. The maximum atomic E-state index is 12.5. The Morgan fingerprint density at radius 3 is 3.20 bits per heavy atom. The first-order chi connectivity index (χ1) is 9.78. The monoisotopic (exact) mass is 276 g/mol. The van der Waals surface area contributed by atoms with Crippen LogP contribution in [0.5, 0.6) is 5.75 Å². The molecule has 5 heteroatoms. The van der Waals surface area contributed by atoms with E-state index in [9.17, 15) is 4.79 Å². The Morgan fingerprint density at radius 2 is 2.35 bits per heavy atom. The van der Waals surface area contributed by atoms with E-state index in [1.807, 2.05) is 29.2 Å². The highest BCUT2D eigenvalue weighted by Crippen LogP contribution is 2.29. The molecule has 2 unspecified atom stereocenters. The number of carbonyl (C=O) groups is 1. The first-order valence-corrected chi connectivity index (χ1v) is 7.05. The summed E-state index contributed by atoms with van der Waals surface area (Å²) in [6.45, 7) is 2.82. The minimum Gasteiger partial charge on any atom is -0.477 e. The summed E-state index contributed by atoms with van der Waals surface area (Å²) in [4.78, 5) is 14.4. The predicted molar refractivity (Wildman–Crippen MR) is 75.9 cm³/mol. The lowest BCUT2D eigenvalue weighted by molar-refractivity contribution is -0.137. The number of nitrogens with one attached hydrogen (secondary N) is 1. The lowest BCUT2D eigenvalue weighted by Crippen LogP contribution is -2.46. The fraction of sp³-hybridized carbons (Fsp3) is 0.533. The maximum absolute atomic E-state index is 12.5. The molecule has 3 rings (SSSR count). The normalized spacial score (nSPS) is 24.8. The molecule has 108 valence electrons. The van der Waals surface area contributed by atoms with Crippen molar-refractivity contribution < 1.29 is 14.3 Å². The number of ether oxygens (including phenoxy) is 2. The van der Waals surface area contributed by atoms with Gasteiger partial charge in [0.25, 0.3) is 5.91 Å². The number of likely N-dealkylation sites (tertiary alicyclic amines) is 1. The Kier molecular flexibility index (Phi) is 3.78. The number of amides is 1. The second-order valence-corrected chi connectivity index (χ2v) is 5.38. The summed E-state index contributed by atoms with van der Waals surface area (Å²) in [7, 11) is 1.70. The quantitative estimate of drug-likeness (QED) is 0.905. The smallest absolute Gasteiger partial charge is 0.265 e. The standard InChI is InChI=1S/C15H20N2O3/c1-19-10-11-6-7-17(9-11)15(18)14-8-16-12-4-2-3-5-13(12)20-14/h2-5,11,14,16H,6-10H2,1H3. The van der Waals surface area contributed by atoms with Gasteiger partial charge in [0, 0.05) is 26.1 Å². The van der Waals surface area contributed by atoms with Gasteiger partial charge in [-0.05, 0) is 18.6 Å². The van der Waals surface area contributed by atoms with E-state index in [1.165, 1.54) is 0 Å². The van der Waals surface area contributed by atoms with Gasteiger partial charge in [-0.1, -0.05) is 12.1 Å². The Hall–Kier alpha value is -1.75. The third-order valence-electron chi connectivity index (χ3n) is 3.91. The molecule has 1 saturated heterocycles. The highest BCUT2D eigenvalue weighted by atomic mass is 16.5. The van der Waals surface area contributed by atoms with E-state index < -0.39 is 6.10 Å². The molecule has 0 aliphatic carbocycles. The molecule has 1 aromatic carbocycles. The van der Waals surface area contributed by atoms with Crippen molar-refractivity contribution in [2.75, 3.05) is 38.7 Å². The van der Waals surface area contributed by atoms with Crippen LogP contribution in [0.3, 0.4) is 0 Å². The van der Waals surface area contributed by atoms with Crippen LogP contribution in [0.15, 0.2) is 24.3 Å². The van der Waals surface area contributed by atoms with Gasteiger partial charge in [-0.2, -0.15) is 0 Å². The summed E-state index contributed by atoms with van der Waals surface area (Å²) in [5, 5.41) is 3.26. The van der Waals surface area contributed by atoms with Crippen molar-refractivity contribution in [3.8, 4) is 5.75 Å². The fourth-order valence-electron chi connectivity index (χ4n) is 2.86. The number of nitrogens with zero attached hydrogens (tertiary/aromatic N) is 1. The molecular formula is C15H20N2O3. The zero-order valence-corrected chi connectivity index (χ0v) is 11.7. The van der Waals surface area contributed by atoms with E-state index in [1.54, 1.807) is 7.11 Å². The highest BCUT2D eigenvalue weighted by molar-refractivity contribution is 5.83. The van der Waals surface area contributed by atoms with Crippen LogP contribution in [0.4, 0.5) is 5.69 Å². The molecule has 0 aromatic heterocycles. The average molecular weight is 276 g/mol. The number of benzene rings is 1. The van der Waals surface area contributed by atoms with Gasteiger partial charge in [0.05, 0.1) is 18.8 Å². The fourth-order valence-corrected chi connectivity index (χ4v) is 2.86. The zero-order chi connectivity index (χ0) is 13.9. The van der Waals surface area contributed by atoms with Crippen LogP contribution in [-0.2, 0) is 9.53 Å². The van der Waals surface area contributed by atoms with E-state index in [0.29, 0.717) is 12.5 Å². The Labute approximate surface area is 118 Å². The number of carbonyl (C=O) groups excluding carboxylic acids is 1. The molecule has 1 amide bonds. The van der Waals surface area contributed by atoms with Crippen molar-refractivity contribution in [3.63, 3.8) is 0 Å². The average Bonchev–Trinajstić information content (AvgIpc) is 2.95. The zero-order valence-electron chi connectivity index (χ0n) is 11.7. The summed E-state index contributed by atoms with van der Waals surface area (Å²) in [6, 6.07) is 7.71. The Morgan fingerprint density at radius 1 is 1.50 bits per heavy atom. The first-order valence-electron chi connectivity index (χ1n) is 7.05. The third kappa shape index (κ3) is 2.58. The minimum atomic E-state index is -0.425. The lowest BCUT2D eigenvalue weighted by Gasteiger charge is -2.29. The lowest BCUT2D eigenvalue weighted by atomic mass is 10.1. The van der Waals surface area contributed by atoms with Crippen LogP contribution in [-0.4, -0.2) is 50.3 Å². The molecule has 1 N–H and O–H groups in total. The molecule has 1 fully saturated rings. The van der Waals surface area contributed by atoms with Crippen LogP contribution in [0.25, 0.3) is 0 Å². The molecule has 2 aliphatic rings. The van der Waals surface area contributed by atoms with Crippen molar-refractivity contribution in [1.29, 1.82) is 0 Å². The van der Waals surface area contributed by atoms with Crippen LogP contribution in [0.2, 0.25) is 0 Å². The molecule has 1 aromatic rings. The van der Waals surface area contributed by atoms with Crippen LogP contribution in [0.1, 0.15) is 6.42 Å². The molecule has 0 spiro atoms. The van der Waals surface area contributed by atoms with Gasteiger partial charge >= 0.3 is 0 Å². The molecule has 0 radical (unpaired) electrons. The van der Waals surface area contributed by atoms with Gasteiger partial charge < -0.3 is 19.7 Å². The summed E-state index contributed by atoms with van der Waals surface area (Å²) in [6.07, 6.45) is 0.585. The first kappa shape index (κ1) is 13.2. The van der Waals surface area contributed by atoms with E-state index in [2.05, 4.69) is 5.32 Å². The van der Waals surface area contributed by atoms with Gasteiger partial charge in [0.1, 0.15) is 5.75 Å². The second kappa shape index (κ2) is 5.71. The molecule has 20 heavy (non-hydrogen) atoms. The highest BCUT2D eigenvalue weighted by Gasteiger charge is 2.33. The van der Waals surface area contributed by atoms with Crippen molar-refractivity contribution in [2.45, 2.75) is 12.5 Å². The predicted octanol–water partition coefficient (Wildman–Crippen LogP) is 1.35. The summed E-state index contributed by atoms with van der Waals surface area (Å²) >= 11 is 0. The SMILES string of the molecule is COCC1CCN(C(=O)C2CNc3ccccc3O2)C1. The topological polar surface area (TPSA) is 50.8 Å². The van der Waals surface area contributed by atoms with Gasteiger partial charge in [0.2, 0.25) is 0 Å². The van der Waals surface area contributed by atoms with Crippen LogP contribution in [0, 0.1) is 5.92 Å². The van der Waals surface area contributed by atoms with E-state index in [0.717, 1.165) is 37.6 Å². The molecule has 0 saturated carbocycles. The maximum Gasteiger partial charge on any atom is 0.265 e. The van der Waals surface area contributed by atoms with E-state index >= 15 is 0 Å². The summed E-state index contributed by atoms with van der Waals surface area (Å²) in [5.41, 5.74) is 0.954. The molecule has 5 nitrogen and oxygen atoms in total. The van der Waals surface area contributed by atoms with Crippen molar-refractivity contribution >= 4 is 11.6 Å².